The number of rotatable bonds is 7. The van der Waals surface area contributed by atoms with Crippen LogP contribution in [0.2, 0.25) is 0 Å². The molecule has 2 saturated heterocycles. The molecule has 1 amide bonds. The van der Waals surface area contributed by atoms with Crippen molar-refractivity contribution < 1.29 is 19.4 Å². The number of carbonyl (C=O) groups excluding carboxylic acids is 1. The van der Waals surface area contributed by atoms with Crippen LogP contribution in [0, 0.1) is 11.3 Å². The Morgan fingerprint density at radius 2 is 2.20 bits per heavy atom. The second-order valence-electron chi connectivity index (χ2n) is 6.98. The molecule has 0 saturated carbocycles. The van der Waals surface area contributed by atoms with Crippen molar-refractivity contribution >= 4 is 5.91 Å². The van der Waals surface area contributed by atoms with Crippen molar-refractivity contribution in [1.29, 1.82) is 0 Å². The van der Waals surface area contributed by atoms with Crippen molar-refractivity contribution in [2.45, 2.75) is 6.54 Å². The average Bonchev–Trinajstić information content (AvgIpc) is 3.16. The first-order valence-electron chi connectivity index (χ1n) is 8.62. The minimum atomic E-state index is -0.0797. The molecular weight excluding hydrogens is 322 g/mol. The van der Waals surface area contributed by atoms with Crippen molar-refractivity contribution in [3.8, 4) is 11.5 Å². The van der Waals surface area contributed by atoms with E-state index in [0.717, 1.165) is 31.7 Å². The summed E-state index contributed by atoms with van der Waals surface area (Å²) in [5.74, 6) is 1.75. The number of nitrogens with one attached hydrogen (secondary N) is 2. The quantitative estimate of drug-likeness (QED) is 0.634. The molecule has 2 atom stereocenters. The number of likely N-dealkylation sites (tertiary alicyclic amines) is 1. The normalized spacial score (nSPS) is 25.6. The number of amides is 1. The van der Waals surface area contributed by atoms with E-state index >= 15 is 0 Å². The topological polar surface area (TPSA) is 83.1 Å². The first-order chi connectivity index (χ1) is 12.1. The number of methoxy groups -OCH3 is 2. The smallest absolute Gasteiger partial charge is 0.234 e. The number of aliphatic hydroxyl groups is 1. The summed E-state index contributed by atoms with van der Waals surface area (Å²) in [6, 6.07) is 5.61. The molecule has 1 aromatic carbocycles. The zero-order chi connectivity index (χ0) is 17.9. The Morgan fingerprint density at radius 1 is 1.40 bits per heavy atom. The molecule has 0 aromatic heterocycles. The highest BCUT2D eigenvalue weighted by molar-refractivity contribution is 5.78. The summed E-state index contributed by atoms with van der Waals surface area (Å²) in [4.78, 5) is 14.4. The third-order valence-electron chi connectivity index (χ3n) is 5.37. The molecule has 2 heterocycles. The third kappa shape index (κ3) is 3.73. The molecule has 2 unspecified atom stereocenters. The van der Waals surface area contributed by atoms with Gasteiger partial charge in [0.25, 0.3) is 0 Å². The molecule has 0 bridgehead atoms. The number of ether oxygens (including phenoxy) is 2. The maximum Gasteiger partial charge on any atom is 0.234 e. The van der Waals surface area contributed by atoms with Gasteiger partial charge in [-0.3, -0.25) is 9.69 Å². The fourth-order valence-corrected chi connectivity index (χ4v) is 3.93. The summed E-state index contributed by atoms with van der Waals surface area (Å²) in [5.41, 5.74) is 0.879. The lowest BCUT2D eigenvalue weighted by Gasteiger charge is -2.25. The lowest BCUT2D eigenvalue weighted by molar-refractivity contribution is -0.122. The van der Waals surface area contributed by atoms with Gasteiger partial charge >= 0.3 is 0 Å². The van der Waals surface area contributed by atoms with Gasteiger partial charge in [-0.25, -0.2) is 0 Å². The Morgan fingerprint density at radius 3 is 2.88 bits per heavy atom. The van der Waals surface area contributed by atoms with Crippen LogP contribution in [0.3, 0.4) is 0 Å². The number of carbonyl (C=O) groups is 1. The predicted molar refractivity (Wildman–Crippen MR) is 93.7 cm³/mol. The van der Waals surface area contributed by atoms with Gasteiger partial charge < -0.3 is 25.2 Å². The van der Waals surface area contributed by atoms with Gasteiger partial charge in [-0.2, -0.15) is 0 Å². The second kappa shape index (κ2) is 7.59. The molecule has 3 rings (SSSR count). The van der Waals surface area contributed by atoms with E-state index in [2.05, 4.69) is 15.5 Å². The van der Waals surface area contributed by atoms with Crippen LogP contribution in [0.15, 0.2) is 18.2 Å². The highest BCUT2D eigenvalue weighted by Crippen LogP contribution is 2.38. The monoisotopic (exact) mass is 349 g/mol. The largest absolute Gasteiger partial charge is 0.493 e. The SMILES string of the molecule is COc1ccc(CNC(=O)CN2CC3CNCC3(CO)C2)cc1OC. The van der Waals surface area contributed by atoms with E-state index < -0.39 is 0 Å². The van der Waals surface area contributed by atoms with Gasteiger partial charge in [0.2, 0.25) is 5.91 Å². The zero-order valence-electron chi connectivity index (χ0n) is 14.9. The molecular formula is C18H27N3O4. The third-order valence-corrected chi connectivity index (χ3v) is 5.37. The van der Waals surface area contributed by atoms with Crippen LogP contribution in [0.1, 0.15) is 5.56 Å². The van der Waals surface area contributed by atoms with Gasteiger partial charge in [0.05, 0.1) is 27.4 Å². The van der Waals surface area contributed by atoms with Crippen molar-refractivity contribution in [1.82, 2.24) is 15.5 Å². The van der Waals surface area contributed by atoms with Gasteiger partial charge in [0, 0.05) is 31.6 Å². The fourth-order valence-electron chi connectivity index (χ4n) is 3.93. The number of aliphatic hydroxyl groups excluding tert-OH is 1. The lowest BCUT2D eigenvalue weighted by atomic mass is 9.82. The Labute approximate surface area is 148 Å². The molecule has 0 aliphatic carbocycles. The Bertz CT molecular complexity index is 624. The number of hydrogen-bond donors (Lipinski definition) is 3. The standard InChI is InChI=1S/C18H27N3O4/c1-24-15-4-3-13(5-16(15)25-2)6-20-17(23)9-21-8-14-7-19-10-18(14,11-21)12-22/h3-5,14,19,22H,6-12H2,1-2H3,(H,20,23). The van der Waals surface area contributed by atoms with Crippen LogP contribution in [0.5, 0.6) is 11.5 Å². The number of hydrogen-bond acceptors (Lipinski definition) is 6. The maximum absolute atomic E-state index is 12.3. The summed E-state index contributed by atoms with van der Waals surface area (Å²) >= 11 is 0. The van der Waals surface area contributed by atoms with Crippen LogP contribution in [0.25, 0.3) is 0 Å². The second-order valence-corrected chi connectivity index (χ2v) is 6.98. The molecule has 7 nitrogen and oxygen atoms in total. The molecule has 2 fully saturated rings. The van der Waals surface area contributed by atoms with E-state index in [9.17, 15) is 9.90 Å². The van der Waals surface area contributed by atoms with Crippen molar-refractivity contribution in [3.63, 3.8) is 0 Å². The fraction of sp³-hybridized carbons (Fsp3) is 0.611. The molecule has 0 radical (unpaired) electrons. The summed E-state index contributed by atoms with van der Waals surface area (Å²) in [6.07, 6.45) is 0. The number of fused-ring (bicyclic) bond motifs is 1. The van der Waals surface area contributed by atoms with Gasteiger partial charge in [-0.1, -0.05) is 6.07 Å². The van der Waals surface area contributed by atoms with E-state index in [0.29, 0.717) is 30.5 Å². The van der Waals surface area contributed by atoms with Gasteiger partial charge in [-0.05, 0) is 30.2 Å². The number of nitrogens with zero attached hydrogens (tertiary/aromatic N) is 1. The van der Waals surface area contributed by atoms with E-state index in [1.807, 2.05) is 18.2 Å². The van der Waals surface area contributed by atoms with E-state index in [-0.39, 0.29) is 17.9 Å². The molecule has 138 valence electrons. The van der Waals surface area contributed by atoms with E-state index in [1.165, 1.54) is 0 Å². The first-order valence-corrected chi connectivity index (χ1v) is 8.62. The minimum absolute atomic E-state index is 0.00388. The van der Waals surface area contributed by atoms with Crippen molar-refractivity contribution in [3.05, 3.63) is 23.8 Å². The van der Waals surface area contributed by atoms with Crippen LogP contribution in [-0.4, -0.2) is 69.5 Å². The molecule has 7 heteroatoms. The zero-order valence-corrected chi connectivity index (χ0v) is 14.9. The summed E-state index contributed by atoms with van der Waals surface area (Å²) in [7, 11) is 3.19. The molecule has 3 N–H and O–H groups in total. The molecule has 0 spiro atoms. The Hall–Kier alpha value is -1.83. The van der Waals surface area contributed by atoms with Gasteiger partial charge in [-0.15, -0.1) is 0 Å². The highest BCUT2D eigenvalue weighted by Gasteiger charge is 2.49. The summed E-state index contributed by atoms with van der Waals surface area (Å²) in [6.45, 7) is 4.37. The summed E-state index contributed by atoms with van der Waals surface area (Å²) < 4.78 is 10.5. The Balaban J connectivity index is 1.51. The van der Waals surface area contributed by atoms with E-state index in [4.69, 9.17) is 9.47 Å². The molecule has 1 aromatic rings. The lowest BCUT2D eigenvalue weighted by Crippen LogP contribution is -2.40. The van der Waals surface area contributed by atoms with Crippen LogP contribution >= 0.6 is 0 Å². The summed E-state index contributed by atoms with van der Waals surface area (Å²) in [5, 5.41) is 16.0. The first kappa shape index (κ1) is 18.0. The minimum Gasteiger partial charge on any atom is -0.493 e. The molecule has 2 aliphatic rings. The Kier molecular flexibility index (Phi) is 5.46. The highest BCUT2D eigenvalue weighted by atomic mass is 16.5. The molecule has 25 heavy (non-hydrogen) atoms. The van der Waals surface area contributed by atoms with Crippen LogP contribution in [0.4, 0.5) is 0 Å². The van der Waals surface area contributed by atoms with Crippen LogP contribution < -0.4 is 20.1 Å². The average molecular weight is 349 g/mol. The maximum atomic E-state index is 12.3. The van der Waals surface area contributed by atoms with Crippen molar-refractivity contribution in [2.75, 3.05) is 53.6 Å². The van der Waals surface area contributed by atoms with Gasteiger partial charge in [0.15, 0.2) is 11.5 Å². The number of benzene rings is 1. The predicted octanol–water partition coefficient (Wildman–Crippen LogP) is -0.166. The van der Waals surface area contributed by atoms with E-state index in [1.54, 1.807) is 14.2 Å². The van der Waals surface area contributed by atoms with Gasteiger partial charge in [0.1, 0.15) is 0 Å². The molecule has 2 aliphatic heterocycles. The van der Waals surface area contributed by atoms with Crippen LogP contribution in [-0.2, 0) is 11.3 Å². The van der Waals surface area contributed by atoms with Crippen molar-refractivity contribution in [2.24, 2.45) is 11.3 Å².